The fourth-order valence-electron chi connectivity index (χ4n) is 3.31. The van der Waals surface area contributed by atoms with Crippen LogP contribution in [0.5, 0.6) is 0 Å². The first-order valence-electron chi connectivity index (χ1n) is 9.00. The van der Waals surface area contributed by atoms with E-state index in [1.54, 1.807) is 4.90 Å². The van der Waals surface area contributed by atoms with Crippen molar-refractivity contribution in [3.05, 3.63) is 0 Å². The number of carbonyl (C=O) groups excluding carboxylic acids is 2. The molecule has 0 radical (unpaired) electrons. The molecule has 0 unspecified atom stereocenters. The summed E-state index contributed by atoms with van der Waals surface area (Å²) >= 11 is 0. The molecule has 1 saturated carbocycles. The van der Waals surface area contributed by atoms with Gasteiger partial charge in [-0.25, -0.2) is 0 Å². The highest BCUT2D eigenvalue weighted by Gasteiger charge is 2.19. The van der Waals surface area contributed by atoms with E-state index in [9.17, 15) is 9.59 Å². The molecule has 23 heavy (non-hydrogen) atoms. The Labute approximate surface area is 139 Å². The lowest BCUT2D eigenvalue weighted by Gasteiger charge is -2.29. The average Bonchev–Trinajstić information content (AvgIpc) is 2.80. The molecular weight excluding hydrogens is 294 g/mol. The summed E-state index contributed by atoms with van der Waals surface area (Å²) in [6, 6.07) is 0.290. The minimum absolute atomic E-state index is 0.0194. The van der Waals surface area contributed by atoms with Gasteiger partial charge in [-0.05, 0) is 12.8 Å². The summed E-state index contributed by atoms with van der Waals surface area (Å²) in [7, 11) is 0. The fraction of sp³-hybridized carbons (Fsp3) is 0.882. The van der Waals surface area contributed by atoms with E-state index in [0.29, 0.717) is 6.54 Å². The second-order valence-corrected chi connectivity index (χ2v) is 6.65. The van der Waals surface area contributed by atoms with Crippen molar-refractivity contribution in [2.45, 2.75) is 51.5 Å². The molecule has 2 fully saturated rings. The molecule has 0 spiro atoms. The zero-order valence-corrected chi connectivity index (χ0v) is 14.4. The normalized spacial score (nSPS) is 20.7. The Morgan fingerprint density at radius 1 is 1.13 bits per heavy atom. The van der Waals surface area contributed by atoms with Crippen molar-refractivity contribution in [3.63, 3.8) is 0 Å². The van der Waals surface area contributed by atoms with Gasteiger partial charge < -0.3 is 15.0 Å². The van der Waals surface area contributed by atoms with Crippen molar-refractivity contribution in [1.82, 2.24) is 15.1 Å². The standard InChI is InChI=1S/C17H31N3O3/c1-15(21)20(9-8-19-10-12-23-13-11-19)14-17(22)18-16-6-4-2-3-5-7-16/h16H,2-14H2,1H3,(H,18,22). The summed E-state index contributed by atoms with van der Waals surface area (Å²) in [4.78, 5) is 28.0. The molecule has 2 amide bonds. The van der Waals surface area contributed by atoms with Gasteiger partial charge in [-0.3, -0.25) is 14.5 Å². The monoisotopic (exact) mass is 325 g/mol. The molecule has 132 valence electrons. The maximum atomic E-state index is 12.3. The van der Waals surface area contributed by atoms with Gasteiger partial charge in [0.25, 0.3) is 0 Å². The smallest absolute Gasteiger partial charge is 0.239 e. The van der Waals surface area contributed by atoms with Crippen LogP contribution in [0.25, 0.3) is 0 Å². The van der Waals surface area contributed by atoms with Crippen LogP contribution in [-0.2, 0) is 14.3 Å². The largest absolute Gasteiger partial charge is 0.379 e. The van der Waals surface area contributed by atoms with Crippen molar-refractivity contribution < 1.29 is 14.3 Å². The summed E-state index contributed by atoms with van der Waals surface area (Å²) in [5.41, 5.74) is 0. The third-order valence-corrected chi connectivity index (χ3v) is 4.79. The highest BCUT2D eigenvalue weighted by molar-refractivity contribution is 5.83. The van der Waals surface area contributed by atoms with Crippen molar-refractivity contribution in [2.75, 3.05) is 45.9 Å². The Hall–Kier alpha value is -1.14. The van der Waals surface area contributed by atoms with Gasteiger partial charge in [-0.15, -0.1) is 0 Å². The molecule has 2 rings (SSSR count). The highest BCUT2D eigenvalue weighted by Crippen LogP contribution is 2.17. The van der Waals surface area contributed by atoms with Crippen LogP contribution in [0, 0.1) is 0 Å². The summed E-state index contributed by atoms with van der Waals surface area (Å²) in [6.45, 7) is 6.44. The van der Waals surface area contributed by atoms with Crippen molar-refractivity contribution in [1.29, 1.82) is 0 Å². The minimum Gasteiger partial charge on any atom is -0.379 e. The number of nitrogens with zero attached hydrogens (tertiary/aromatic N) is 2. The number of rotatable bonds is 6. The number of amides is 2. The van der Waals surface area contributed by atoms with Crippen LogP contribution in [0.4, 0.5) is 0 Å². The summed E-state index contributed by atoms with van der Waals surface area (Å²) < 4.78 is 5.33. The van der Waals surface area contributed by atoms with Gasteiger partial charge in [-0.2, -0.15) is 0 Å². The lowest BCUT2D eigenvalue weighted by atomic mass is 10.1. The molecule has 0 bridgehead atoms. The first-order chi connectivity index (χ1) is 11.1. The SMILES string of the molecule is CC(=O)N(CCN1CCOCC1)CC(=O)NC1CCCCCC1. The van der Waals surface area contributed by atoms with E-state index in [1.807, 2.05) is 0 Å². The van der Waals surface area contributed by atoms with Crippen molar-refractivity contribution >= 4 is 11.8 Å². The average molecular weight is 325 g/mol. The van der Waals surface area contributed by atoms with E-state index in [-0.39, 0.29) is 24.4 Å². The molecule has 6 heteroatoms. The van der Waals surface area contributed by atoms with E-state index in [1.165, 1.54) is 32.6 Å². The van der Waals surface area contributed by atoms with Crippen LogP contribution in [0.1, 0.15) is 45.4 Å². The molecule has 2 aliphatic rings. The Balaban J connectivity index is 1.73. The molecule has 1 saturated heterocycles. The third-order valence-electron chi connectivity index (χ3n) is 4.79. The van der Waals surface area contributed by atoms with E-state index in [2.05, 4.69) is 10.2 Å². The third kappa shape index (κ3) is 6.87. The van der Waals surface area contributed by atoms with Crippen LogP contribution < -0.4 is 5.32 Å². The van der Waals surface area contributed by atoms with E-state index < -0.39 is 0 Å². The van der Waals surface area contributed by atoms with Gasteiger partial charge in [0.1, 0.15) is 0 Å². The molecule has 6 nitrogen and oxygen atoms in total. The number of carbonyl (C=O) groups is 2. The Kier molecular flexibility index (Phi) is 7.82. The van der Waals surface area contributed by atoms with Crippen LogP contribution in [0.15, 0.2) is 0 Å². The predicted molar refractivity (Wildman–Crippen MR) is 89.1 cm³/mol. The van der Waals surface area contributed by atoms with Crippen LogP contribution in [0.2, 0.25) is 0 Å². The first-order valence-corrected chi connectivity index (χ1v) is 9.00. The number of morpholine rings is 1. The number of ether oxygens (including phenoxy) is 1. The van der Waals surface area contributed by atoms with Gasteiger partial charge >= 0.3 is 0 Å². The lowest BCUT2D eigenvalue weighted by Crippen LogP contribution is -2.47. The van der Waals surface area contributed by atoms with Crippen molar-refractivity contribution in [2.24, 2.45) is 0 Å². The molecule has 1 aliphatic heterocycles. The van der Waals surface area contributed by atoms with Crippen LogP contribution in [0.3, 0.4) is 0 Å². The predicted octanol–water partition coefficient (Wildman–Crippen LogP) is 1.01. The fourth-order valence-corrected chi connectivity index (χ4v) is 3.31. The maximum absolute atomic E-state index is 12.3. The van der Waals surface area contributed by atoms with Gasteiger partial charge in [0.2, 0.25) is 11.8 Å². The zero-order valence-electron chi connectivity index (χ0n) is 14.4. The maximum Gasteiger partial charge on any atom is 0.239 e. The van der Waals surface area contributed by atoms with Crippen LogP contribution >= 0.6 is 0 Å². The molecule has 0 aromatic rings. The topological polar surface area (TPSA) is 61.9 Å². The van der Waals surface area contributed by atoms with Gasteiger partial charge in [0.05, 0.1) is 19.8 Å². The molecule has 1 aliphatic carbocycles. The molecule has 0 aromatic heterocycles. The molecule has 0 atom stereocenters. The Morgan fingerprint density at radius 2 is 1.78 bits per heavy atom. The Morgan fingerprint density at radius 3 is 2.39 bits per heavy atom. The highest BCUT2D eigenvalue weighted by atomic mass is 16.5. The van der Waals surface area contributed by atoms with Crippen LogP contribution in [-0.4, -0.2) is 73.6 Å². The van der Waals surface area contributed by atoms with E-state index in [4.69, 9.17) is 4.74 Å². The minimum atomic E-state index is -0.0331. The number of hydrogen-bond acceptors (Lipinski definition) is 4. The first kappa shape index (κ1) is 18.2. The summed E-state index contributed by atoms with van der Waals surface area (Å²) in [5, 5.41) is 3.12. The van der Waals surface area contributed by atoms with Gasteiger partial charge in [-0.1, -0.05) is 25.7 Å². The number of hydrogen-bond donors (Lipinski definition) is 1. The van der Waals surface area contributed by atoms with Gasteiger partial charge in [0.15, 0.2) is 0 Å². The lowest BCUT2D eigenvalue weighted by molar-refractivity contribution is -0.135. The second-order valence-electron chi connectivity index (χ2n) is 6.65. The molecule has 1 heterocycles. The summed E-state index contributed by atoms with van der Waals surface area (Å²) in [6.07, 6.45) is 7.06. The Bertz CT molecular complexity index is 375. The quantitative estimate of drug-likeness (QED) is 0.740. The molecular formula is C17H31N3O3. The zero-order chi connectivity index (χ0) is 16.5. The van der Waals surface area contributed by atoms with E-state index >= 15 is 0 Å². The molecule has 0 aromatic carbocycles. The second kappa shape index (κ2) is 9.88. The van der Waals surface area contributed by atoms with Crippen molar-refractivity contribution in [3.8, 4) is 0 Å². The summed E-state index contributed by atoms with van der Waals surface area (Å²) in [5.74, 6) is -0.0525. The number of nitrogens with one attached hydrogen (secondary N) is 1. The molecule has 1 N–H and O–H groups in total. The van der Waals surface area contributed by atoms with E-state index in [0.717, 1.165) is 45.7 Å². The van der Waals surface area contributed by atoms with Gasteiger partial charge in [0, 0.05) is 39.1 Å².